The van der Waals surface area contributed by atoms with Crippen LogP contribution in [0.5, 0.6) is 0 Å². The van der Waals surface area contributed by atoms with Crippen molar-refractivity contribution >= 4 is 12.2 Å². The van der Waals surface area contributed by atoms with Crippen molar-refractivity contribution < 1.29 is 9.53 Å². The van der Waals surface area contributed by atoms with Crippen molar-refractivity contribution in [2.45, 2.75) is 39.2 Å². The second-order valence-electron chi connectivity index (χ2n) is 7.94. The summed E-state index contributed by atoms with van der Waals surface area (Å²) in [5.41, 5.74) is 1.86. The first-order valence-electron chi connectivity index (χ1n) is 9.74. The lowest BCUT2D eigenvalue weighted by molar-refractivity contribution is 0.0293. The van der Waals surface area contributed by atoms with E-state index in [2.05, 4.69) is 35.7 Å². The summed E-state index contributed by atoms with van der Waals surface area (Å²) in [6.07, 6.45) is 11.7. The highest BCUT2D eigenvalue weighted by molar-refractivity contribution is 5.67. The predicted octanol–water partition coefficient (Wildman–Crippen LogP) is 5.61. The van der Waals surface area contributed by atoms with E-state index in [-0.39, 0.29) is 6.09 Å². The number of hydrogen-bond acceptors (Lipinski definition) is 3. The molecule has 4 nitrogen and oxygen atoms in total. The van der Waals surface area contributed by atoms with Gasteiger partial charge >= 0.3 is 6.09 Å². The standard InChI is InChI=1S/C24H31N2O2/c1-24(2,3)28-23(27)26(4)19-16-21(11-10-20-8-6-5-7-9-20)12-13-22-14-17-25-18-15-22/h5-11,13-15,17-18,21H,12,16,19H2,1-4H3. The van der Waals surface area contributed by atoms with E-state index in [0.717, 1.165) is 18.4 Å². The molecule has 28 heavy (non-hydrogen) atoms. The summed E-state index contributed by atoms with van der Waals surface area (Å²) >= 11 is 0. The molecule has 4 heteroatoms. The van der Waals surface area contributed by atoms with Crippen LogP contribution < -0.4 is 0 Å². The van der Waals surface area contributed by atoms with Gasteiger partial charge in [0.25, 0.3) is 0 Å². The van der Waals surface area contributed by atoms with Gasteiger partial charge in [-0.3, -0.25) is 4.98 Å². The molecule has 0 spiro atoms. The molecule has 1 aromatic carbocycles. The quantitative estimate of drug-likeness (QED) is 0.598. The number of pyridine rings is 1. The van der Waals surface area contributed by atoms with Crippen LogP contribution in [0, 0.1) is 12.3 Å². The molecule has 2 rings (SSSR count). The molecule has 0 saturated carbocycles. The third kappa shape index (κ3) is 8.38. The summed E-state index contributed by atoms with van der Waals surface area (Å²) in [6.45, 7) is 6.29. The molecule has 0 aliphatic heterocycles. The Bertz CT molecular complexity index is 736. The molecule has 1 atom stereocenters. The van der Waals surface area contributed by atoms with Gasteiger partial charge < -0.3 is 9.64 Å². The first-order valence-corrected chi connectivity index (χ1v) is 9.74. The highest BCUT2D eigenvalue weighted by atomic mass is 16.6. The number of benzene rings is 1. The number of amides is 1. The zero-order chi connectivity index (χ0) is 20.4. The molecule has 0 bridgehead atoms. The number of nitrogens with zero attached hydrogens (tertiary/aromatic N) is 2. The Labute approximate surface area is 169 Å². The molecule has 0 fully saturated rings. The maximum Gasteiger partial charge on any atom is 0.410 e. The minimum Gasteiger partial charge on any atom is -0.444 e. The summed E-state index contributed by atoms with van der Waals surface area (Å²) in [5, 5.41) is 0. The van der Waals surface area contributed by atoms with Crippen molar-refractivity contribution in [3.8, 4) is 0 Å². The normalized spacial score (nSPS) is 12.7. The molecule has 0 N–H and O–H groups in total. The minimum absolute atomic E-state index is 0.281. The molecule has 149 valence electrons. The zero-order valence-electron chi connectivity index (χ0n) is 17.3. The van der Waals surface area contributed by atoms with Gasteiger partial charge in [0, 0.05) is 26.0 Å². The van der Waals surface area contributed by atoms with E-state index < -0.39 is 5.60 Å². The number of carbonyl (C=O) groups is 1. The Balaban J connectivity index is 1.96. The fourth-order valence-electron chi connectivity index (χ4n) is 2.68. The summed E-state index contributed by atoms with van der Waals surface area (Å²) in [5.74, 6) is 0.318. The molecule has 1 unspecified atom stereocenters. The third-order valence-electron chi connectivity index (χ3n) is 4.26. The Morgan fingerprint density at radius 3 is 2.43 bits per heavy atom. The Morgan fingerprint density at radius 1 is 1.11 bits per heavy atom. The van der Waals surface area contributed by atoms with E-state index in [9.17, 15) is 4.79 Å². The van der Waals surface area contributed by atoms with Crippen molar-refractivity contribution in [2.24, 2.45) is 5.92 Å². The van der Waals surface area contributed by atoms with Crippen LogP contribution >= 0.6 is 0 Å². The molecular formula is C24H31N2O2. The zero-order valence-corrected chi connectivity index (χ0v) is 17.3. The fourth-order valence-corrected chi connectivity index (χ4v) is 2.68. The third-order valence-corrected chi connectivity index (χ3v) is 4.26. The molecular weight excluding hydrogens is 348 g/mol. The molecule has 2 aromatic rings. The van der Waals surface area contributed by atoms with Crippen molar-refractivity contribution in [1.82, 2.24) is 9.88 Å². The molecule has 1 radical (unpaired) electrons. The van der Waals surface area contributed by atoms with Crippen LogP contribution in [0.2, 0.25) is 0 Å². The first kappa shape index (κ1) is 21.7. The summed E-state index contributed by atoms with van der Waals surface area (Å²) < 4.78 is 5.44. The van der Waals surface area contributed by atoms with Gasteiger partial charge in [0.2, 0.25) is 0 Å². The fraction of sp³-hybridized carbons (Fsp3) is 0.375. The van der Waals surface area contributed by atoms with Crippen LogP contribution in [0.15, 0.2) is 60.9 Å². The lowest BCUT2D eigenvalue weighted by Crippen LogP contribution is -2.35. The number of ether oxygens (including phenoxy) is 1. The lowest BCUT2D eigenvalue weighted by Gasteiger charge is -2.25. The summed E-state index contributed by atoms with van der Waals surface area (Å²) in [7, 11) is 1.79. The first-order chi connectivity index (χ1) is 13.3. The van der Waals surface area contributed by atoms with Crippen LogP contribution in [0.4, 0.5) is 4.79 Å². The number of aromatic nitrogens is 1. The maximum absolute atomic E-state index is 12.2. The SMILES string of the molecule is CN(CCC(C=Cc1ccccc1)C[CH]c1ccncc1)C(=O)OC(C)(C)C. The molecule has 1 aromatic heterocycles. The van der Waals surface area contributed by atoms with Crippen LogP contribution in [0.25, 0.3) is 6.08 Å². The molecule has 0 aliphatic carbocycles. The Hall–Kier alpha value is -2.62. The number of rotatable bonds is 8. The monoisotopic (exact) mass is 379 g/mol. The maximum atomic E-state index is 12.2. The van der Waals surface area contributed by atoms with Crippen LogP contribution in [-0.4, -0.2) is 35.2 Å². The average molecular weight is 380 g/mol. The van der Waals surface area contributed by atoms with Gasteiger partial charge in [-0.25, -0.2) is 4.79 Å². The van der Waals surface area contributed by atoms with Gasteiger partial charge in [-0.15, -0.1) is 0 Å². The van der Waals surface area contributed by atoms with Gasteiger partial charge in [-0.1, -0.05) is 42.5 Å². The van der Waals surface area contributed by atoms with Crippen molar-refractivity contribution in [3.63, 3.8) is 0 Å². The van der Waals surface area contributed by atoms with Crippen molar-refractivity contribution in [2.75, 3.05) is 13.6 Å². The Morgan fingerprint density at radius 2 is 1.79 bits per heavy atom. The van der Waals surface area contributed by atoms with E-state index in [0.29, 0.717) is 12.5 Å². The van der Waals surface area contributed by atoms with Crippen LogP contribution in [0.1, 0.15) is 44.7 Å². The number of allylic oxidation sites excluding steroid dienone is 1. The van der Waals surface area contributed by atoms with E-state index in [4.69, 9.17) is 4.74 Å². The van der Waals surface area contributed by atoms with Crippen LogP contribution in [-0.2, 0) is 4.74 Å². The minimum atomic E-state index is -0.479. The van der Waals surface area contributed by atoms with Crippen molar-refractivity contribution in [3.05, 3.63) is 78.5 Å². The highest BCUT2D eigenvalue weighted by Gasteiger charge is 2.20. The second-order valence-corrected chi connectivity index (χ2v) is 7.94. The lowest BCUT2D eigenvalue weighted by atomic mass is 9.95. The topological polar surface area (TPSA) is 42.4 Å². The van der Waals surface area contributed by atoms with Gasteiger partial charge in [0.05, 0.1) is 0 Å². The summed E-state index contributed by atoms with van der Waals surface area (Å²) in [4.78, 5) is 17.9. The van der Waals surface area contributed by atoms with E-state index in [1.807, 2.05) is 51.1 Å². The largest absolute Gasteiger partial charge is 0.444 e. The van der Waals surface area contributed by atoms with Gasteiger partial charge in [-0.2, -0.15) is 0 Å². The van der Waals surface area contributed by atoms with Crippen LogP contribution in [0.3, 0.4) is 0 Å². The molecule has 1 amide bonds. The van der Waals surface area contributed by atoms with E-state index >= 15 is 0 Å². The van der Waals surface area contributed by atoms with Crippen molar-refractivity contribution in [1.29, 1.82) is 0 Å². The number of hydrogen-bond donors (Lipinski definition) is 0. The predicted molar refractivity (Wildman–Crippen MR) is 115 cm³/mol. The highest BCUT2D eigenvalue weighted by Crippen LogP contribution is 2.19. The van der Waals surface area contributed by atoms with E-state index in [1.165, 1.54) is 5.56 Å². The van der Waals surface area contributed by atoms with E-state index in [1.54, 1.807) is 24.3 Å². The summed E-state index contributed by atoms with van der Waals surface area (Å²) in [6, 6.07) is 14.3. The smallest absolute Gasteiger partial charge is 0.410 e. The van der Waals surface area contributed by atoms with Gasteiger partial charge in [0.15, 0.2) is 0 Å². The number of carbonyl (C=O) groups excluding carboxylic acids is 1. The Kier molecular flexibility index (Phi) is 8.24. The van der Waals surface area contributed by atoms with Gasteiger partial charge in [0.1, 0.15) is 5.60 Å². The average Bonchev–Trinajstić information content (AvgIpc) is 2.67. The molecule has 1 heterocycles. The molecule has 0 saturated heterocycles. The second kappa shape index (κ2) is 10.6. The molecule has 0 aliphatic rings. The van der Waals surface area contributed by atoms with Gasteiger partial charge in [-0.05, 0) is 69.2 Å².